The molecule has 0 aliphatic carbocycles. The molecular weight excluding hydrogens is 480 g/mol. The first-order valence-electron chi connectivity index (χ1n) is 11.6. The number of furan rings is 1. The second kappa shape index (κ2) is 8.36. The maximum atomic E-state index is 13.2. The number of aromatic nitrogens is 2. The molecule has 4 heterocycles. The van der Waals surface area contributed by atoms with Crippen molar-refractivity contribution in [2.24, 2.45) is 0 Å². The number of methoxy groups -OCH3 is 1. The molecule has 12 nitrogen and oxygen atoms in total. The van der Waals surface area contributed by atoms with Crippen molar-refractivity contribution in [2.45, 2.75) is 19.0 Å². The molecule has 4 amide bonds. The van der Waals surface area contributed by atoms with Gasteiger partial charge in [0.1, 0.15) is 17.1 Å². The summed E-state index contributed by atoms with van der Waals surface area (Å²) in [6.45, 7) is 2.71. The zero-order valence-corrected chi connectivity index (χ0v) is 20.0. The highest BCUT2D eigenvalue weighted by molar-refractivity contribution is 6.08. The number of nitrogens with zero attached hydrogens (tertiary/aromatic N) is 3. The predicted molar refractivity (Wildman–Crippen MR) is 130 cm³/mol. The van der Waals surface area contributed by atoms with Crippen molar-refractivity contribution < 1.29 is 28.0 Å². The third-order valence-corrected chi connectivity index (χ3v) is 6.51. The highest BCUT2D eigenvalue weighted by atomic mass is 16.5. The topological polar surface area (TPSA) is 152 Å². The Kier molecular flexibility index (Phi) is 5.10. The quantitative estimate of drug-likeness (QED) is 0.324. The summed E-state index contributed by atoms with van der Waals surface area (Å²) in [6.07, 6.45) is 0. The molecule has 0 saturated carbocycles. The average molecular weight is 502 g/mol. The minimum Gasteiger partial charge on any atom is -0.497 e. The number of benzene rings is 2. The van der Waals surface area contributed by atoms with Gasteiger partial charge in [-0.1, -0.05) is 17.2 Å². The normalized spacial score (nSPS) is 18.8. The second-order valence-electron chi connectivity index (χ2n) is 8.80. The van der Waals surface area contributed by atoms with Crippen LogP contribution in [0.5, 0.6) is 5.75 Å². The fourth-order valence-corrected chi connectivity index (χ4v) is 4.67. The van der Waals surface area contributed by atoms with Crippen LogP contribution in [0.1, 0.15) is 28.6 Å². The van der Waals surface area contributed by atoms with E-state index in [1.165, 1.54) is 12.0 Å². The van der Waals surface area contributed by atoms with Gasteiger partial charge in [0.15, 0.2) is 5.54 Å². The highest BCUT2D eigenvalue weighted by Crippen LogP contribution is 2.36. The highest BCUT2D eigenvalue weighted by Gasteiger charge is 2.53. The van der Waals surface area contributed by atoms with Crippen LogP contribution in [0.2, 0.25) is 0 Å². The van der Waals surface area contributed by atoms with Gasteiger partial charge >= 0.3 is 12.0 Å². The SMILES string of the molecule is CCNc1nnc(-c2ccc3cc([C@]4(CN5Cc6ccc(OC)cc6C5=O)NC(=O)NC4=O)oc3c2)o1. The Balaban J connectivity index is 1.35. The van der Waals surface area contributed by atoms with Crippen LogP contribution in [-0.4, -0.2) is 53.1 Å². The maximum Gasteiger partial charge on any atom is 0.322 e. The Morgan fingerprint density at radius 1 is 1.11 bits per heavy atom. The van der Waals surface area contributed by atoms with Crippen LogP contribution in [0.15, 0.2) is 51.3 Å². The number of carbonyl (C=O) groups is 3. The molecule has 0 unspecified atom stereocenters. The van der Waals surface area contributed by atoms with Crippen molar-refractivity contribution in [3.05, 3.63) is 59.4 Å². The third kappa shape index (κ3) is 3.64. The Morgan fingerprint density at radius 2 is 1.97 bits per heavy atom. The van der Waals surface area contributed by atoms with E-state index in [1.54, 1.807) is 36.4 Å². The van der Waals surface area contributed by atoms with Crippen molar-refractivity contribution in [2.75, 3.05) is 25.5 Å². The number of anilines is 1. The number of hydrogen-bond donors (Lipinski definition) is 3. The van der Waals surface area contributed by atoms with E-state index in [0.717, 1.165) is 5.56 Å². The van der Waals surface area contributed by atoms with Crippen molar-refractivity contribution in [1.82, 2.24) is 25.7 Å². The zero-order chi connectivity index (χ0) is 25.7. The molecule has 2 aliphatic heterocycles. The van der Waals surface area contributed by atoms with Crippen LogP contribution in [-0.2, 0) is 16.9 Å². The molecule has 12 heteroatoms. The first-order chi connectivity index (χ1) is 17.9. The number of hydrogen-bond acceptors (Lipinski definition) is 9. The fraction of sp³-hybridized carbons (Fsp3) is 0.240. The first-order valence-corrected chi connectivity index (χ1v) is 11.6. The monoisotopic (exact) mass is 502 g/mol. The van der Waals surface area contributed by atoms with Gasteiger partial charge in [-0.25, -0.2) is 4.79 Å². The minimum absolute atomic E-state index is 0.122. The lowest BCUT2D eigenvalue weighted by atomic mass is 9.95. The number of amides is 4. The number of nitrogens with one attached hydrogen (secondary N) is 3. The maximum absolute atomic E-state index is 13.2. The number of ether oxygens (including phenoxy) is 1. The van der Waals surface area contributed by atoms with Crippen molar-refractivity contribution in [1.29, 1.82) is 0 Å². The Morgan fingerprint density at radius 3 is 2.73 bits per heavy atom. The lowest BCUT2D eigenvalue weighted by molar-refractivity contribution is -0.125. The molecule has 6 rings (SSSR count). The minimum atomic E-state index is -1.61. The lowest BCUT2D eigenvalue weighted by Crippen LogP contribution is -2.52. The van der Waals surface area contributed by atoms with E-state index < -0.39 is 17.5 Å². The number of carbonyl (C=O) groups excluding carboxylic acids is 3. The van der Waals surface area contributed by atoms with E-state index in [0.29, 0.717) is 46.3 Å². The summed E-state index contributed by atoms with van der Waals surface area (Å²) in [5, 5.41) is 16.6. The molecule has 37 heavy (non-hydrogen) atoms. The fourth-order valence-electron chi connectivity index (χ4n) is 4.67. The molecule has 0 radical (unpaired) electrons. The Hall–Kier alpha value is -4.87. The summed E-state index contributed by atoms with van der Waals surface area (Å²) < 4.78 is 17.0. The molecule has 2 aliphatic rings. The first kappa shape index (κ1) is 22.6. The zero-order valence-electron chi connectivity index (χ0n) is 20.0. The van der Waals surface area contributed by atoms with Gasteiger partial charge in [-0.15, -0.1) is 5.10 Å². The van der Waals surface area contributed by atoms with Gasteiger partial charge in [-0.2, -0.15) is 0 Å². The second-order valence-corrected chi connectivity index (χ2v) is 8.80. The summed E-state index contributed by atoms with van der Waals surface area (Å²) in [7, 11) is 1.53. The van der Waals surface area contributed by atoms with E-state index in [2.05, 4.69) is 26.1 Å². The Bertz CT molecular complexity index is 1570. The van der Waals surface area contributed by atoms with Crippen LogP contribution in [0, 0.1) is 0 Å². The molecule has 188 valence electrons. The van der Waals surface area contributed by atoms with Crippen LogP contribution in [0.4, 0.5) is 10.8 Å². The van der Waals surface area contributed by atoms with E-state index in [9.17, 15) is 14.4 Å². The van der Waals surface area contributed by atoms with Gasteiger partial charge in [0.05, 0.1) is 13.7 Å². The van der Waals surface area contributed by atoms with E-state index >= 15 is 0 Å². The van der Waals surface area contributed by atoms with Crippen molar-refractivity contribution in [3.63, 3.8) is 0 Å². The standard InChI is InChI=1S/C25H22N6O6/c1-3-26-24-30-29-20(37-24)14-5-4-13-9-19(36-18(13)8-14)25(22(33)27-23(34)28-25)12-31-11-15-6-7-16(35-2)10-17(15)21(31)32/h4-10H,3,11-12H2,1-2H3,(H,26,30)(H2,27,28,33,34)/t25-/m0/s1. The average Bonchev–Trinajstić information content (AvgIpc) is 3.65. The van der Waals surface area contributed by atoms with Crippen molar-refractivity contribution >= 4 is 34.8 Å². The molecule has 2 aromatic carbocycles. The summed E-state index contributed by atoms with van der Waals surface area (Å²) in [5.41, 5.74) is 0.755. The van der Waals surface area contributed by atoms with Crippen molar-refractivity contribution in [3.8, 4) is 17.2 Å². The van der Waals surface area contributed by atoms with Crippen LogP contribution >= 0.6 is 0 Å². The van der Waals surface area contributed by atoms with Gasteiger partial charge in [0, 0.05) is 29.6 Å². The van der Waals surface area contributed by atoms with E-state index in [4.69, 9.17) is 13.6 Å². The molecule has 3 N–H and O–H groups in total. The third-order valence-electron chi connectivity index (χ3n) is 6.51. The largest absolute Gasteiger partial charge is 0.497 e. The Labute approximate surface area is 210 Å². The summed E-state index contributed by atoms with van der Waals surface area (Å²) >= 11 is 0. The summed E-state index contributed by atoms with van der Waals surface area (Å²) in [5.74, 6) is 0.179. The van der Waals surface area contributed by atoms with Gasteiger partial charge in [0.2, 0.25) is 5.89 Å². The summed E-state index contributed by atoms with van der Waals surface area (Å²) in [4.78, 5) is 40.1. The van der Waals surface area contributed by atoms with E-state index in [-0.39, 0.29) is 24.8 Å². The summed E-state index contributed by atoms with van der Waals surface area (Å²) in [6, 6.07) is 11.9. The number of urea groups is 1. The smallest absolute Gasteiger partial charge is 0.322 e. The predicted octanol–water partition coefficient (Wildman–Crippen LogP) is 2.61. The molecule has 1 fully saturated rings. The number of rotatable bonds is 7. The van der Waals surface area contributed by atoms with Crippen LogP contribution in [0.3, 0.4) is 0 Å². The number of fused-ring (bicyclic) bond motifs is 2. The molecule has 2 aromatic heterocycles. The van der Waals surface area contributed by atoms with Crippen LogP contribution < -0.4 is 20.7 Å². The van der Waals surface area contributed by atoms with E-state index in [1.807, 2.05) is 13.0 Å². The van der Waals surface area contributed by atoms with Gasteiger partial charge in [0.25, 0.3) is 11.8 Å². The molecular formula is C25H22N6O6. The molecule has 1 saturated heterocycles. The molecule has 0 spiro atoms. The van der Waals surface area contributed by atoms with Gasteiger partial charge in [-0.3, -0.25) is 14.9 Å². The lowest BCUT2D eigenvalue weighted by Gasteiger charge is -2.29. The van der Waals surface area contributed by atoms with Crippen LogP contribution in [0.25, 0.3) is 22.4 Å². The molecule has 1 atom stereocenters. The van der Waals surface area contributed by atoms with Gasteiger partial charge < -0.3 is 29.1 Å². The van der Waals surface area contributed by atoms with Gasteiger partial charge in [-0.05, 0) is 42.8 Å². The molecule has 0 bridgehead atoms. The molecule has 4 aromatic rings. The number of imide groups is 1.